The Morgan fingerprint density at radius 1 is 1.42 bits per heavy atom. The van der Waals surface area contributed by atoms with E-state index in [1.165, 1.54) is 18.4 Å². The minimum absolute atomic E-state index is 0.0296. The van der Waals surface area contributed by atoms with Gasteiger partial charge in [-0.3, -0.25) is 0 Å². The van der Waals surface area contributed by atoms with Gasteiger partial charge < -0.3 is 0 Å². The molecule has 1 spiro atoms. The highest BCUT2D eigenvalue weighted by Crippen LogP contribution is 2.49. The van der Waals surface area contributed by atoms with Crippen LogP contribution in [-0.4, -0.2) is 5.66 Å². The number of hydrogen-bond acceptors (Lipinski definition) is 2. The molecule has 0 unspecified atom stereocenters. The van der Waals surface area contributed by atoms with Gasteiger partial charge in [0.2, 0.25) is 0 Å². The molecule has 66 valence electrons. The zero-order valence-corrected chi connectivity index (χ0v) is 7.88. The van der Waals surface area contributed by atoms with Crippen molar-refractivity contribution in [2.24, 2.45) is 22.1 Å². The molecule has 2 rings (SSSR count). The van der Waals surface area contributed by atoms with E-state index in [1.54, 1.807) is 0 Å². The molecule has 0 radical (unpaired) electrons. The highest BCUT2D eigenvalue weighted by Gasteiger charge is 2.49. The van der Waals surface area contributed by atoms with Crippen LogP contribution in [0.25, 0.3) is 0 Å². The SMILES string of the molecule is C=C(C)[C@@H]1CC[C@H](C)C2(C1)N=N2. The van der Waals surface area contributed by atoms with Crippen molar-refractivity contribution in [3.8, 4) is 0 Å². The Labute approximate surface area is 73.8 Å². The van der Waals surface area contributed by atoms with E-state index in [9.17, 15) is 0 Å². The summed E-state index contributed by atoms with van der Waals surface area (Å²) < 4.78 is 0. The van der Waals surface area contributed by atoms with E-state index in [-0.39, 0.29) is 5.66 Å². The molecule has 2 nitrogen and oxygen atoms in total. The van der Waals surface area contributed by atoms with Crippen LogP contribution in [0, 0.1) is 11.8 Å². The molecule has 0 aromatic rings. The van der Waals surface area contributed by atoms with Crippen molar-refractivity contribution in [1.82, 2.24) is 0 Å². The van der Waals surface area contributed by atoms with Gasteiger partial charge in [-0.15, -0.1) is 0 Å². The number of rotatable bonds is 1. The van der Waals surface area contributed by atoms with Crippen molar-refractivity contribution in [1.29, 1.82) is 0 Å². The smallest absolute Gasteiger partial charge is 0.159 e. The minimum atomic E-state index is 0.0296. The molecule has 2 aliphatic rings. The molecule has 0 amide bonds. The van der Waals surface area contributed by atoms with Crippen LogP contribution in [0.3, 0.4) is 0 Å². The zero-order valence-electron chi connectivity index (χ0n) is 7.88. The third-order valence-electron chi connectivity index (χ3n) is 3.34. The summed E-state index contributed by atoms with van der Waals surface area (Å²) >= 11 is 0. The van der Waals surface area contributed by atoms with Crippen LogP contribution < -0.4 is 0 Å². The standard InChI is InChI=1S/C10H16N2/c1-7(2)9-5-4-8(3)10(6-9)11-12-10/h8-9H,1,4-6H2,2-3H3/t8-,9+/m0/s1. The molecule has 1 aliphatic carbocycles. The Balaban J connectivity index is 2.04. The van der Waals surface area contributed by atoms with Crippen molar-refractivity contribution in [2.45, 2.75) is 38.8 Å². The average molecular weight is 164 g/mol. The van der Waals surface area contributed by atoms with Gasteiger partial charge in [0.15, 0.2) is 5.66 Å². The van der Waals surface area contributed by atoms with Gasteiger partial charge in [-0.05, 0) is 25.7 Å². The first-order valence-electron chi connectivity index (χ1n) is 4.73. The lowest BCUT2D eigenvalue weighted by Gasteiger charge is -2.31. The number of hydrogen-bond donors (Lipinski definition) is 0. The molecule has 2 heteroatoms. The summed E-state index contributed by atoms with van der Waals surface area (Å²) in [5.41, 5.74) is 1.33. The largest absolute Gasteiger partial charge is 0.194 e. The summed E-state index contributed by atoms with van der Waals surface area (Å²) in [4.78, 5) is 0. The van der Waals surface area contributed by atoms with Crippen LogP contribution >= 0.6 is 0 Å². The second kappa shape index (κ2) is 2.41. The van der Waals surface area contributed by atoms with E-state index in [1.807, 2.05) is 0 Å². The summed E-state index contributed by atoms with van der Waals surface area (Å²) in [5, 5.41) is 8.38. The Kier molecular flexibility index (Phi) is 1.60. The molecule has 2 atom stereocenters. The van der Waals surface area contributed by atoms with Gasteiger partial charge in [0.1, 0.15) is 0 Å². The van der Waals surface area contributed by atoms with Gasteiger partial charge in [-0.2, -0.15) is 10.2 Å². The average Bonchev–Trinajstić information content (AvgIpc) is 2.76. The van der Waals surface area contributed by atoms with E-state index < -0.39 is 0 Å². The predicted octanol–water partition coefficient (Wildman–Crippen LogP) is 3.16. The Morgan fingerprint density at radius 3 is 2.58 bits per heavy atom. The molecule has 0 aromatic heterocycles. The Bertz CT molecular complexity index is 236. The highest BCUT2D eigenvalue weighted by atomic mass is 15.4. The first-order chi connectivity index (χ1) is 5.64. The third kappa shape index (κ3) is 1.10. The van der Waals surface area contributed by atoms with Crippen LogP contribution in [-0.2, 0) is 0 Å². The van der Waals surface area contributed by atoms with E-state index >= 15 is 0 Å². The van der Waals surface area contributed by atoms with Gasteiger partial charge in [0.05, 0.1) is 0 Å². The number of allylic oxidation sites excluding steroid dienone is 1. The quantitative estimate of drug-likeness (QED) is 0.532. The third-order valence-corrected chi connectivity index (χ3v) is 3.34. The lowest BCUT2D eigenvalue weighted by molar-refractivity contribution is 0.240. The van der Waals surface area contributed by atoms with E-state index in [2.05, 4.69) is 30.7 Å². The normalized spacial score (nSPS) is 36.8. The van der Waals surface area contributed by atoms with Gasteiger partial charge in [-0.25, -0.2) is 0 Å². The summed E-state index contributed by atoms with van der Waals surface area (Å²) in [7, 11) is 0. The minimum Gasteiger partial charge on any atom is -0.159 e. The van der Waals surface area contributed by atoms with Crippen molar-refractivity contribution in [3.05, 3.63) is 12.2 Å². The molecular weight excluding hydrogens is 148 g/mol. The van der Waals surface area contributed by atoms with Gasteiger partial charge in [-0.1, -0.05) is 19.1 Å². The fourth-order valence-corrected chi connectivity index (χ4v) is 2.11. The van der Waals surface area contributed by atoms with Crippen LogP contribution in [0.5, 0.6) is 0 Å². The maximum Gasteiger partial charge on any atom is 0.194 e. The van der Waals surface area contributed by atoms with Crippen LogP contribution in [0.15, 0.2) is 22.4 Å². The number of nitrogens with zero attached hydrogens (tertiary/aromatic N) is 2. The van der Waals surface area contributed by atoms with E-state index in [0.717, 1.165) is 6.42 Å². The molecule has 0 bridgehead atoms. The summed E-state index contributed by atoms with van der Waals surface area (Å²) in [6, 6.07) is 0. The van der Waals surface area contributed by atoms with Crippen molar-refractivity contribution >= 4 is 0 Å². The first kappa shape index (κ1) is 7.96. The topological polar surface area (TPSA) is 24.7 Å². The summed E-state index contributed by atoms with van der Waals surface area (Å²) in [6.45, 7) is 8.39. The van der Waals surface area contributed by atoms with Crippen molar-refractivity contribution in [3.63, 3.8) is 0 Å². The molecule has 1 fully saturated rings. The molecule has 0 saturated heterocycles. The molecule has 1 heterocycles. The van der Waals surface area contributed by atoms with Crippen molar-refractivity contribution < 1.29 is 0 Å². The van der Waals surface area contributed by atoms with Crippen molar-refractivity contribution in [2.75, 3.05) is 0 Å². The maximum atomic E-state index is 4.19. The maximum absolute atomic E-state index is 4.19. The molecule has 1 saturated carbocycles. The van der Waals surface area contributed by atoms with Crippen LogP contribution in [0.1, 0.15) is 33.1 Å². The Morgan fingerprint density at radius 2 is 2.08 bits per heavy atom. The molecule has 0 N–H and O–H groups in total. The highest BCUT2D eigenvalue weighted by molar-refractivity contribution is 5.09. The van der Waals surface area contributed by atoms with Crippen LogP contribution in [0.4, 0.5) is 0 Å². The fraction of sp³-hybridized carbons (Fsp3) is 0.800. The summed E-state index contributed by atoms with van der Waals surface area (Å²) in [6.07, 6.45) is 3.65. The first-order valence-corrected chi connectivity index (χ1v) is 4.73. The molecule has 12 heavy (non-hydrogen) atoms. The van der Waals surface area contributed by atoms with Gasteiger partial charge >= 0.3 is 0 Å². The lowest BCUT2D eigenvalue weighted by Crippen LogP contribution is -2.31. The monoisotopic (exact) mass is 164 g/mol. The molecule has 1 aliphatic heterocycles. The van der Waals surface area contributed by atoms with E-state index in [0.29, 0.717) is 11.8 Å². The van der Waals surface area contributed by atoms with E-state index in [4.69, 9.17) is 0 Å². The zero-order chi connectivity index (χ0) is 8.77. The second-order valence-corrected chi connectivity index (χ2v) is 4.30. The summed E-state index contributed by atoms with van der Waals surface area (Å²) in [5.74, 6) is 1.32. The van der Waals surface area contributed by atoms with Gasteiger partial charge in [0.25, 0.3) is 0 Å². The molecular formula is C10H16N2. The molecule has 0 aromatic carbocycles. The fourth-order valence-electron chi connectivity index (χ4n) is 2.11. The second-order valence-electron chi connectivity index (χ2n) is 4.30. The predicted molar refractivity (Wildman–Crippen MR) is 48.9 cm³/mol. The Hall–Kier alpha value is -0.660. The lowest BCUT2D eigenvalue weighted by atomic mass is 9.74. The van der Waals surface area contributed by atoms with Crippen LogP contribution in [0.2, 0.25) is 0 Å². The van der Waals surface area contributed by atoms with Gasteiger partial charge in [0, 0.05) is 12.3 Å².